The lowest BCUT2D eigenvalue weighted by Gasteiger charge is -2.43. The Morgan fingerprint density at radius 2 is 1.85 bits per heavy atom. The zero-order valence-electron chi connectivity index (χ0n) is 19.8. The molecule has 0 N–H and O–H groups in total. The van der Waals surface area contributed by atoms with Gasteiger partial charge in [0, 0.05) is 6.54 Å². The van der Waals surface area contributed by atoms with Gasteiger partial charge in [0.1, 0.15) is 23.2 Å². The summed E-state index contributed by atoms with van der Waals surface area (Å²) in [5.41, 5.74) is -0.581. The minimum Gasteiger partial charge on any atom is -0.458 e. The Balaban J connectivity index is 1.69. The Morgan fingerprint density at radius 1 is 1.15 bits per heavy atom. The number of halogens is 1. The van der Waals surface area contributed by atoms with Gasteiger partial charge >= 0.3 is 12.1 Å². The van der Waals surface area contributed by atoms with Crippen LogP contribution in [0.25, 0.3) is 0 Å². The van der Waals surface area contributed by atoms with Crippen LogP contribution < -0.4 is 0 Å². The predicted molar refractivity (Wildman–Crippen MR) is 117 cm³/mol. The maximum Gasteiger partial charge on any atom is 0.410 e. The molecule has 1 aliphatic carbocycles. The Morgan fingerprint density at radius 3 is 2.42 bits per heavy atom. The molecule has 0 aromatic carbocycles. The lowest BCUT2D eigenvalue weighted by molar-refractivity contribution is -0.154. The standard InChI is InChI=1S/C24H32FN3O5/c1-13-10-18-19(27(12-13)21(29)17-9-8-16(25)11-26-17)20(32-22(30)15-6-7-15)14(2)28(18)23(31)33-24(3,4)5/h8-9,11,13-15,18-20H,6-7,10,12H2,1-5H3/t13-,14-,18+,19+,20-/m1/s1. The molecule has 33 heavy (non-hydrogen) atoms. The van der Waals surface area contributed by atoms with E-state index in [9.17, 15) is 18.8 Å². The maximum absolute atomic E-state index is 13.5. The number of hydrogen-bond donors (Lipinski definition) is 0. The Bertz CT molecular complexity index is 927. The number of nitrogens with zero attached hydrogens (tertiary/aromatic N) is 3. The zero-order chi connectivity index (χ0) is 24.1. The number of carbonyl (C=O) groups is 3. The average Bonchev–Trinajstić information content (AvgIpc) is 3.52. The van der Waals surface area contributed by atoms with E-state index in [0.717, 1.165) is 19.0 Å². The molecule has 3 heterocycles. The highest BCUT2D eigenvalue weighted by molar-refractivity contribution is 5.93. The topological polar surface area (TPSA) is 89.0 Å². The Labute approximate surface area is 193 Å². The molecule has 5 atom stereocenters. The lowest BCUT2D eigenvalue weighted by atomic mass is 9.88. The molecule has 1 aromatic heterocycles. The predicted octanol–water partition coefficient (Wildman–Crippen LogP) is 3.40. The lowest BCUT2D eigenvalue weighted by Crippen LogP contribution is -2.58. The second-order valence-corrected chi connectivity index (χ2v) is 10.5. The number of hydrogen-bond acceptors (Lipinski definition) is 6. The van der Waals surface area contributed by atoms with E-state index in [-0.39, 0.29) is 35.4 Å². The highest BCUT2D eigenvalue weighted by Crippen LogP contribution is 2.41. The number of pyridine rings is 1. The van der Waals surface area contributed by atoms with Gasteiger partial charge in [-0.15, -0.1) is 0 Å². The van der Waals surface area contributed by atoms with Crippen molar-refractivity contribution in [3.05, 3.63) is 29.8 Å². The number of rotatable bonds is 3. The molecule has 1 saturated carbocycles. The van der Waals surface area contributed by atoms with Crippen LogP contribution in [0, 0.1) is 17.7 Å². The summed E-state index contributed by atoms with van der Waals surface area (Å²) >= 11 is 0. The molecule has 0 radical (unpaired) electrons. The summed E-state index contributed by atoms with van der Waals surface area (Å²) in [5.74, 6) is -1.22. The summed E-state index contributed by atoms with van der Waals surface area (Å²) < 4.78 is 25.0. The second-order valence-electron chi connectivity index (χ2n) is 10.5. The van der Waals surface area contributed by atoms with Gasteiger partial charge in [0.2, 0.25) is 0 Å². The van der Waals surface area contributed by atoms with Crippen LogP contribution in [-0.2, 0) is 14.3 Å². The molecule has 180 valence electrons. The molecule has 8 nitrogen and oxygen atoms in total. The van der Waals surface area contributed by atoms with Crippen molar-refractivity contribution in [3.63, 3.8) is 0 Å². The van der Waals surface area contributed by atoms with Gasteiger partial charge in [-0.1, -0.05) is 6.92 Å². The van der Waals surface area contributed by atoms with Crippen molar-refractivity contribution in [3.8, 4) is 0 Å². The molecule has 2 aliphatic heterocycles. The molecular weight excluding hydrogens is 429 g/mol. The van der Waals surface area contributed by atoms with Crippen LogP contribution in [0.2, 0.25) is 0 Å². The van der Waals surface area contributed by atoms with Gasteiger partial charge < -0.3 is 14.4 Å². The number of ether oxygens (including phenoxy) is 2. The van der Waals surface area contributed by atoms with Gasteiger partial charge in [-0.3, -0.25) is 14.5 Å². The Hall–Kier alpha value is -2.71. The molecule has 3 fully saturated rings. The van der Waals surface area contributed by atoms with Crippen LogP contribution in [0.5, 0.6) is 0 Å². The van der Waals surface area contributed by atoms with Crippen LogP contribution in [0.15, 0.2) is 18.3 Å². The number of fused-ring (bicyclic) bond motifs is 1. The first-order chi connectivity index (χ1) is 15.5. The van der Waals surface area contributed by atoms with Crippen LogP contribution in [0.3, 0.4) is 0 Å². The fourth-order valence-corrected chi connectivity index (χ4v) is 4.91. The fourth-order valence-electron chi connectivity index (χ4n) is 4.91. The van der Waals surface area contributed by atoms with E-state index in [0.29, 0.717) is 13.0 Å². The van der Waals surface area contributed by atoms with E-state index in [4.69, 9.17) is 9.47 Å². The summed E-state index contributed by atoms with van der Waals surface area (Å²) in [6, 6.07) is 1.16. The van der Waals surface area contributed by atoms with Crippen LogP contribution in [-0.4, -0.2) is 69.1 Å². The van der Waals surface area contributed by atoms with Crippen LogP contribution in [0.1, 0.15) is 64.4 Å². The van der Waals surface area contributed by atoms with E-state index < -0.39 is 35.7 Å². The van der Waals surface area contributed by atoms with Gasteiger partial charge in [-0.2, -0.15) is 0 Å². The molecule has 4 rings (SSSR count). The third kappa shape index (κ3) is 4.82. The quantitative estimate of drug-likeness (QED) is 0.641. The SMILES string of the molecule is C[C@@H]1C[C@H]2[C@@H]([C@H](OC(=O)C3CC3)[C@@H](C)N2C(=O)OC(C)(C)C)N(C(=O)c2ccc(F)cn2)C1. The highest BCUT2D eigenvalue weighted by Gasteiger charge is 2.58. The van der Waals surface area contributed by atoms with Gasteiger partial charge in [0.25, 0.3) is 5.91 Å². The molecule has 3 aliphatic rings. The van der Waals surface area contributed by atoms with E-state index in [1.165, 1.54) is 12.1 Å². The third-order valence-corrected chi connectivity index (χ3v) is 6.49. The molecule has 9 heteroatoms. The molecule has 0 spiro atoms. The highest BCUT2D eigenvalue weighted by atomic mass is 19.1. The molecule has 1 aromatic rings. The van der Waals surface area contributed by atoms with Crippen molar-refractivity contribution < 1.29 is 28.2 Å². The monoisotopic (exact) mass is 461 g/mol. The smallest absolute Gasteiger partial charge is 0.410 e. The van der Waals surface area contributed by atoms with E-state index in [2.05, 4.69) is 4.98 Å². The number of carbonyl (C=O) groups excluding carboxylic acids is 3. The molecule has 0 unspecified atom stereocenters. The Kier molecular flexibility index (Phi) is 6.09. The van der Waals surface area contributed by atoms with Crippen LogP contribution >= 0.6 is 0 Å². The van der Waals surface area contributed by atoms with E-state index in [1.807, 2.05) is 13.8 Å². The number of likely N-dealkylation sites (tertiary alicyclic amines) is 2. The first kappa shape index (κ1) is 23.4. The zero-order valence-corrected chi connectivity index (χ0v) is 19.8. The van der Waals surface area contributed by atoms with Crippen molar-refractivity contribution in [2.45, 2.75) is 83.7 Å². The normalized spacial score (nSPS) is 29.5. The van der Waals surface area contributed by atoms with Crippen molar-refractivity contribution in [2.24, 2.45) is 11.8 Å². The average molecular weight is 462 g/mol. The second kappa shape index (κ2) is 8.57. The van der Waals surface area contributed by atoms with Gasteiger partial charge in [0.05, 0.1) is 30.2 Å². The van der Waals surface area contributed by atoms with E-state index in [1.54, 1.807) is 30.6 Å². The van der Waals surface area contributed by atoms with Crippen molar-refractivity contribution in [2.75, 3.05) is 6.54 Å². The van der Waals surface area contributed by atoms with Gasteiger partial charge in [-0.05, 0) is 65.0 Å². The number of aromatic nitrogens is 1. The molecular formula is C24H32FN3O5. The van der Waals surface area contributed by atoms with Crippen molar-refractivity contribution in [1.29, 1.82) is 0 Å². The van der Waals surface area contributed by atoms with Crippen molar-refractivity contribution in [1.82, 2.24) is 14.8 Å². The van der Waals surface area contributed by atoms with Crippen molar-refractivity contribution >= 4 is 18.0 Å². The maximum atomic E-state index is 13.5. The largest absolute Gasteiger partial charge is 0.458 e. The minimum absolute atomic E-state index is 0.0886. The van der Waals surface area contributed by atoms with E-state index >= 15 is 0 Å². The molecule has 2 amide bonds. The first-order valence-electron chi connectivity index (χ1n) is 11.6. The number of piperidine rings is 1. The summed E-state index contributed by atoms with van der Waals surface area (Å²) in [7, 11) is 0. The molecule has 0 bridgehead atoms. The van der Waals surface area contributed by atoms with Crippen LogP contribution in [0.4, 0.5) is 9.18 Å². The number of amides is 2. The summed E-state index contributed by atoms with van der Waals surface area (Å²) in [4.78, 5) is 46.5. The first-order valence-corrected chi connectivity index (χ1v) is 11.6. The minimum atomic E-state index is -0.692. The third-order valence-electron chi connectivity index (χ3n) is 6.49. The summed E-state index contributed by atoms with van der Waals surface area (Å²) in [5, 5.41) is 0. The van der Waals surface area contributed by atoms with Gasteiger partial charge in [0.15, 0.2) is 0 Å². The van der Waals surface area contributed by atoms with Gasteiger partial charge in [-0.25, -0.2) is 14.2 Å². The summed E-state index contributed by atoms with van der Waals surface area (Å²) in [6.45, 7) is 9.66. The molecule has 2 saturated heterocycles. The fraction of sp³-hybridized carbons (Fsp3) is 0.667. The number of esters is 1. The summed E-state index contributed by atoms with van der Waals surface area (Å²) in [6.07, 6.45) is 2.06.